The average molecular weight is 387 g/mol. The lowest BCUT2D eigenvalue weighted by molar-refractivity contribution is 0.102. The standard InChI is InChI=1S/C21H26N2O3S/c1-16-10-11-17(2)20(14-16)22-21(24)18-8-7-9-19(15-18)27(25,26)23-12-5-3-4-6-13-23/h7-11,14-15H,3-6,12-13H2,1-2H3,(H,22,24). The average Bonchev–Trinajstić information content (AvgIpc) is 2.95. The van der Waals surface area contributed by atoms with Crippen LogP contribution in [0.4, 0.5) is 5.69 Å². The summed E-state index contributed by atoms with van der Waals surface area (Å²) in [7, 11) is -3.58. The summed E-state index contributed by atoms with van der Waals surface area (Å²) in [5.41, 5.74) is 3.09. The molecule has 1 saturated heterocycles. The summed E-state index contributed by atoms with van der Waals surface area (Å²) < 4.78 is 27.5. The highest BCUT2D eigenvalue weighted by molar-refractivity contribution is 7.89. The third kappa shape index (κ3) is 4.57. The summed E-state index contributed by atoms with van der Waals surface area (Å²) in [5.74, 6) is -0.309. The smallest absolute Gasteiger partial charge is 0.255 e. The molecule has 144 valence electrons. The maximum Gasteiger partial charge on any atom is 0.255 e. The summed E-state index contributed by atoms with van der Waals surface area (Å²) in [5, 5.41) is 2.89. The second-order valence-corrected chi connectivity index (χ2v) is 9.06. The summed E-state index contributed by atoms with van der Waals surface area (Å²) in [4.78, 5) is 12.8. The van der Waals surface area contributed by atoms with E-state index < -0.39 is 10.0 Å². The number of sulfonamides is 1. The van der Waals surface area contributed by atoms with Crippen molar-refractivity contribution >= 4 is 21.6 Å². The number of rotatable bonds is 4. The van der Waals surface area contributed by atoms with Crippen molar-refractivity contribution in [3.63, 3.8) is 0 Å². The van der Waals surface area contributed by atoms with Gasteiger partial charge in [0.1, 0.15) is 0 Å². The van der Waals surface area contributed by atoms with Crippen molar-refractivity contribution in [2.45, 2.75) is 44.4 Å². The largest absolute Gasteiger partial charge is 0.322 e. The normalized spacial score (nSPS) is 15.9. The molecule has 2 aromatic rings. The maximum atomic E-state index is 13.0. The van der Waals surface area contributed by atoms with E-state index in [0.717, 1.165) is 42.5 Å². The highest BCUT2D eigenvalue weighted by Crippen LogP contribution is 2.22. The topological polar surface area (TPSA) is 66.5 Å². The molecular formula is C21H26N2O3S. The Morgan fingerprint density at radius 3 is 2.37 bits per heavy atom. The molecule has 3 rings (SSSR count). The molecule has 1 amide bonds. The van der Waals surface area contributed by atoms with Crippen LogP contribution in [0.3, 0.4) is 0 Å². The summed E-state index contributed by atoms with van der Waals surface area (Å²) in [6.45, 7) is 4.97. The third-order valence-corrected chi connectivity index (χ3v) is 6.83. The Balaban J connectivity index is 1.84. The van der Waals surface area contributed by atoms with Gasteiger partial charge in [0, 0.05) is 24.3 Å². The first-order valence-electron chi connectivity index (χ1n) is 9.37. The number of amides is 1. The number of carbonyl (C=O) groups is 1. The van der Waals surface area contributed by atoms with Gasteiger partial charge >= 0.3 is 0 Å². The quantitative estimate of drug-likeness (QED) is 0.859. The van der Waals surface area contributed by atoms with Crippen LogP contribution in [0.2, 0.25) is 0 Å². The zero-order valence-electron chi connectivity index (χ0n) is 15.9. The van der Waals surface area contributed by atoms with E-state index in [1.54, 1.807) is 22.5 Å². The van der Waals surface area contributed by atoms with E-state index in [-0.39, 0.29) is 10.8 Å². The number of anilines is 1. The molecule has 1 N–H and O–H groups in total. The van der Waals surface area contributed by atoms with E-state index in [1.807, 2.05) is 32.0 Å². The first-order valence-corrected chi connectivity index (χ1v) is 10.8. The van der Waals surface area contributed by atoms with Crippen LogP contribution in [0, 0.1) is 13.8 Å². The molecule has 0 aromatic heterocycles. The van der Waals surface area contributed by atoms with Crippen LogP contribution in [0.25, 0.3) is 0 Å². The minimum absolute atomic E-state index is 0.179. The van der Waals surface area contributed by atoms with Gasteiger partial charge in [0.15, 0.2) is 0 Å². The fourth-order valence-electron chi connectivity index (χ4n) is 3.29. The molecule has 6 heteroatoms. The SMILES string of the molecule is Cc1ccc(C)c(NC(=O)c2cccc(S(=O)(=O)N3CCCCCC3)c2)c1. The molecule has 5 nitrogen and oxygen atoms in total. The first kappa shape index (κ1) is 19.6. The van der Waals surface area contributed by atoms with Crippen molar-refractivity contribution in [1.82, 2.24) is 4.31 Å². The van der Waals surface area contributed by atoms with Gasteiger partial charge in [0.2, 0.25) is 10.0 Å². The molecule has 0 unspecified atom stereocenters. The van der Waals surface area contributed by atoms with Crippen LogP contribution < -0.4 is 5.32 Å². The fourth-order valence-corrected chi connectivity index (χ4v) is 4.86. The molecule has 2 aromatic carbocycles. The van der Waals surface area contributed by atoms with E-state index >= 15 is 0 Å². The van der Waals surface area contributed by atoms with Crippen LogP contribution >= 0.6 is 0 Å². The Morgan fingerprint density at radius 2 is 1.67 bits per heavy atom. The molecule has 0 saturated carbocycles. The number of nitrogens with zero attached hydrogens (tertiary/aromatic N) is 1. The number of aryl methyl sites for hydroxylation is 2. The van der Waals surface area contributed by atoms with Gasteiger partial charge in [-0.25, -0.2) is 8.42 Å². The second-order valence-electron chi connectivity index (χ2n) is 7.12. The number of carbonyl (C=O) groups excluding carboxylic acids is 1. The van der Waals surface area contributed by atoms with Crippen molar-refractivity contribution in [3.05, 3.63) is 59.2 Å². The molecule has 0 atom stereocenters. The molecule has 1 aliphatic rings. The molecular weight excluding hydrogens is 360 g/mol. The molecule has 0 spiro atoms. The summed E-state index contributed by atoms with van der Waals surface area (Å²) >= 11 is 0. The van der Waals surface area contributed by atoms with Gasteiger partial charge in [-0.2, -0.15) is 4.31 Å². The molecule has 0 aliphatic carbocycles. The van der Waals surface area contributed by atoms with Gasteiger partial charge in [-0.1, -0.05) is 31.0 Å². The zero-order chi connectivity index (χ0) is 19.4. The molecule has 1 fully saturated rings. The number of hydrogen-bond donors (Lipinski definition) is 1. The highest BCUT2D eigenvalue weighted by atomic mass is 32.2. The molecule has 0 bridgehead atoms. The van der Waals surface area contributed by atoms with E-state index in [0.29, 0.717) is 18.7 Å². The maximum absolute atomic E-state index is 13.0. The Labute approximate surface area is 161 Å². The van der Waals surface area contributed by atoms with E-state index in [2.05, 4.69) is 5.32 Å². The van der Waals surface area contributed by atoms with E-state index in [4.69, 9.17) is 0 Å². The summed E-state index contributed by atoms with van der Waals surface area (Å²) in [6.07, 6.45) is 3.88. The predicted molar refractivity (Wildman–Crippen MR) is 108 cm³/mol. The lowest BCUT2D eigenvalue weighted by Crippen LogP contribution is -2.32. The Bertz CT molecular complexity index is 930. The van der Waals surface area contributed by atoms with Crippen molar-refractivity contribution in [2.75, 3.05) is 18.4 Å². The van der Waals surface area contributed by atoms with Gasteiger partial charge in [-0.15, -0.1) is 0 Å². The van der Waals surface area contributed by atoms with Crippen molar-refractivity contribution in [3.8, 4) is 0 Å². The van der Waals surface area contributed by atoms with Crippen molar-refractivity contribution in [2.24, 2.45) is 0 Å². The van der Waals surface area contributed by atoms with Gasteiger partial charge in [0.05, 0.1) is 4.90 Å². The Hall–Kier alpha value is -2.18. The Morgan fingerprint density at radius 1 is 0.963 bits per heavy atom. The Kier molecular flexibility index (Phi) is 5.97. The first-order chi connectivity index (χ1) is 12.9. The number of nitrogens with one attached hydrogen (secondary N) is 1. The van der Waals surface area contributed by atoms with Crippen LogP contribution in [-0.4, -0.2) is 31.7 Å². The highest BCUT2D eigenvalue weighted by Gasteiger charge is 2.25. The van der Waals surface area contributed by atoms with Crippen LogP contribution in [0.1, 0.15) is 47.2 Å². The predicted octanol–water partition coefficient (Wildman–Crippen LogP) is 4.12. The zero-order valence-corrected chi connectivity index (χ0v) is 16.7. The third-order valence-electron chi connectivity index (χ3n) is 4.94. The lowest BCUT2D eigenvalue weighted by Gasteiger charge is -2.20. The molecule has 1 aliphatic heterocycles. The molecule has 0 radical (unpaired) electrons. The van der Waals surface area contributed by atoms with Gasteiger partial charge < -0.3 is 5.32 Å². The van der Waals surface area contributed by atoms with E-state index in [1.165, 1.54) is 6.07 Å². The van der Waals surface area contributed by atoms with Gasteiger partial charge in [-0.3, -0.25) is 4.79 Å². The number of benzene rings is 2. The monoisotopic (exact) mass is 386 g/mol. The van der Waals surface area contributed by atoms with Crippen molar-refractivity contribution < 1.29 is 13.2 Å². The van der Waals surface area contributed by atoms with Gasteiger partial charge in [0.25, 0.3) is 5.91 Å². The van der Waals surface area contributed by atoms with Gasteiger partial charge in [-0.05, 0) is 62.1 Å². The summed E-state index contributed by atoms with van der Waals surface area (Å²) in [6, 6.07) is 12.1. The molecule has 27 heavy (non-hydrogen) atoms. The fraction of sp³-hybridized carbons (Fsp3) is 0.381. The second kappa shape index (κ2) is 8.23. The van der Waals surface area contributed by atoms with E-state index in [9.17, 15) is 13.2 Å². The minimum atomic E-state index is -3.58. The van der Waals surface area contributed by atoms with Crippen LogP contribution in [0.15, 0.2) is 47.4 Å². The number of hydrogen-bond acceptors (Lipinski definition) is 3. The minimum Gasteiger partial charge on any atom is -0.322 e. The van der Waals surface area contributed by atoms with Crippen LogP contribution in [0.5, 0.6) is 0 Å². The van der Waals surface area contributed by atoms with Crippen LogP contribution in [-0.2, 0) is 10.0 Å². The lowest BCUT2D eigenvalue weighted by atomic mass is 10.1. The molecule has 1 heterocycles. The van der Waals surface area contributed by atoms with Crippen molar-refractivity contribution in [1.29, 1.82) is 0 Å².